The summed E-state index contributed by atoms with van der Waals surface area (Å²) in [5.41, 5.74) is 0. The van der Waals surface area contributed by atoms with E-state index in [0.29, 0.717) is 38.7 Å². The Hall–Kier alpha value is -1.70. The van der Waals surface area contributed by atoms with Crippen LogP contribution in [0.25, 0.3) is 0 Å². The highest BCUT2D eigenvalue weighted by Crippen LogP contribution is 2.30. The van der Waals surface area contributed by atoms with Crippen LogP contribution in [0.1, 0.15) is 12.8 Å². The van der Waals surface area contributed by atoms with Crippen LogP contribution in [-0.4, -0.2) is 62.6 Å². The van der Waals surface area contributed by atoms with Crippen LogP contribution in [0.15, 0.2) is 24.3 Å². The Kier molecular flexibility index (Phi) is 5.65. The molecule has 1 spiro atoms. The summed E-state index contributed by atoms with van der Waals surface area (Å²) in [6.07, 6.45) is 1.59. The summed E-state index contributed by atoms with van der Waals surface area (Å²) in [6.45, 7) is 3.94. The Morgan fingerprint density at radius 1 is 1.29 bits per heavy atom. The standard InChI is InChI=1S/C17H23FN2O4/c18-14-2-1-3-15(12-14)22-9-6-19-16(21)13-20-7-4-17(5-8-20)23-10-11-24-17/h1-3,12H,4-11,13H2,(H,19,21). The van der Waals surface area contributed by atoms with Gasteiger partial charge >= 0.3 is 0 Å². The molecule has 1 amide bonds. The molecule has 0 unspecified atom stereocenters. The number of amides is 1. The lowest BCUT2D eigenvalue weighted by Gasteiger charge is -2.37. The van der Waals surface area contributed by atoms with Crippen molar-refractivity contribution in [3.05, 3.63) is 30.1 Å². The molecule has 1 aromatic rings. The number of nitrogens with zero attached hydrogens (tertiary/aromatic N) is 1. The molecule has 2 heterocycles. The van der Waals surface area contributed by atoms with E-state index in [4.69, 9.17) is 14.2 Å². The van der Waals surface area contributed by atoms with Gasteiger partial charge in [0, 0.05) is 32.0 Å². The minimum Gasteiger partial charge on any atom is -0.492 e. The van der Waals surface area contributed by atoms with E-state index in [9.17, 15) is 9.18 Å². The number of rotatable bonds is 6. The van der Waals surface area contributed by atoms with E-state index in [1.165, 1.54) is 12.1 Å². The van der Waals surface area contributed by atoms with Crippen molar-refractivity contribution in [2.75, 3.05) is 46.0 Å². The van der Waals surface area contributed by atoms with Crippen LogP contribution < -0.4 is 10.1 Å². The Morgan fingerprint density at radius 2 is 2.04 bits per heavy atom. The van der Waals surface area contributed by atoms with Crippen molar-refractivity contribution >= 4 is 5.91 Å². The lowest BCUT2D eigenvalue weighted by atomic mass is 10.0. The van der Waals surface area contributed by atoms with Gasteiger partial charge < -0.3 is 19.5 Å². The molecule has 2 fully saturated rings. The van der Waals surface area contributed by atoms with Gasteiger partial charge in [-0.25, -0.2) is 4.39 Å². The Bertz CT molecular complexity index is 553. The lowest BCUT2D eigenvalue weighted by Crippen LogP contribution is -2.48. The first-order valence-electron chi connectivity index (χ1n) is 8.31. The largest absolute Gasteiger partial charge is 0.492 e. The van der Waals surface area contributed by atoms with E-state index in [0.717, 1.165) is 25.9 Å². The molecule has 2 aliphatic heterocycles. The average molecular weight is 338 g/mol. The molecular formula is C17H23FN2O4. The van der Waals surface area contributed by atoms with E-state index < -0.39 is 5.79 Å². The zero-order valence-corrected chi connectivity index (χ0v) is 13.6. The number of halogens is 1. The SMILES string of the molecule is O=C(CN1CCC2(CC1)OCCO2)NCCOc1cccc(F)c1. The molecule has 0 bridgehead atoms. The van der Waals surface area contributed by atoms with Crippen molar-refractivity contribution in [3.63, 3.8) is 0 Å². The van der Waals surface area contributed by atoms with Gasteiger partial charge in [0.2, 0.25) is 5.91 Å². The van der Waals surface area contributed by atoms with E-state index >= 15 is 0 Å². The van der Waals surface area contributed by atoms with Gasteiger partial charge in [-0.15, -0.1) is 0 Å². The fourth-order valence-electron chi connectivity index (χ4n) is 3.01. The second kappa shape index (κ2) is 7.92. The monoisotopic (exact) mass is 338 g/mol. The minimum atomic E-state index is -0.411. The molecule has 0 saturated carbocycles. The number of hydrogen-bond donors (Lipinski definition) is 1. The summed E-state index contributed by atoms with van der Waals surface area (Å²) in [6, 6.07) is 5.95. The second-order valence-electron chi connectivity index (χ2n) is 6.04. The summed E-state index contributed by atoms with van der Waals surface area (Å²) < 4.78 is 29.7. The maximum Gasteiger partial charge on any atom is 0.234 e. The van der Waals surface area contributed by atoms with Crippen LogP contribution in [0, 0.1) is 5.82 Å². The third-order valence-electron chi connectivity index (χ3n) is 4.29. The fourth-order valence-corrected chi connectivity index (χ4v) is 3.01. The number of likely N-dealkylation sites (tertiary alicyclic amines) is 1. The number of benzene rings is 1. The zero-order chi connectivity index (χ0) is 16.8. The fraction of sp³-hybridized carbons (Fsp3) is 0.588. The number of piperidine rings is 1. The van der Waals surface area contributed by atoms with Gasteiger partial charge in [0.15, 0.2) is 5.79 Å². The minimum absolute atomic E-state index is 0.0398. The van der Waals surface area contributed by atoms with Gasteiger partial charge in [-0.2, -0.15) is 0 Å². The molecule has 132 valence electrons. The van der Waals surface area contributed by atoms with Crippen molar-refractivity contribution in [3.8, 4) is 5.75 Å². The number of carbonyl (C=O) groups excluding carboxylic acids is 1. The number of carbonyl (C=O) groups is 1. The smallest absolute Gasteiger partial charge is 0.234 e. The molecule has 6 nitrogen and oxygen atoms in total. The molecule has 0 atom stereocenters. The van der Waals surface area contributed by atoms with Crippen molar-refractivity contribution < 1.29 is 23.4 Å². The summed E-state index contributed by atoms with van der Waals surface area (Å²) in [7, 11) is 0. The zero-order valence-electron chi connectivity index (χ0n) is 13.6. The molecule has 2 aliphatic rings. The van der Waals surface area contributed by atoms with Crippen molar-refractivity contribution in [1.82, 2.24) is 10.2 Å². The maximum absolute atomic E-state index is 13.0. The highest BCUT2D eigenvalue weighted by molar-refractivity contribution is 5.78. The van der Waals surface area contributed by atoms with Gasteiger partial charge in [-0.1, -0.05) is 6.07 Å². The normalized spacial score (nSPS) is 20.2. The predicted molar refractivity (Wildman–Crippen MR) is 85.2 cm³/mol. The highest BCUT2D eigenvalue weighted by atomic mass is 19.1. The lowest BCUT2D eigenvalue weighted by molar-refractivity contribution is -0.185. The average Bonchev–Trinajstić information content (AvgIpc) is 3.02. The molecule has 1 aromatic carbocycles. The molecule has 24 heavy (non-hydrogen) atoms. The molecule has 0 aromatic heterocycles. The van der Waals surface area contributed by atoms with E-state index in [1.54, 1.807) is 12.1 Å². The van der Waals surface area contributed by atoms with Crippen LogP contribution in [0.4, 0.5) is 4.39 Å². The maximum atomic E-state index is 13.0. The number of nitrogens with one attached hydrogen (secondary N) is 1. The van der Waals surface area contributed by atoms with E-state index in [2.05, 4.69) is 10.2 Å². The molecule has 0 aliphatic carbocycles. The van der Waals surface area contributed by atoms with Crippen LogP contribution in [0.3, 0.4) is 0 Å². The Labute approximate surface area is 140 Å². The quantitative estimate of drug-likeness (QED) is 0.789. The van der Waals surface area contributed by atoms with Gasteiger partial charge in [-0.3, -0.25) is 9.69 Å². The van der Waals surface area contributed by atoms with E-state index in [-0.39, 0.29) is 11.7 Å². The Balaban J connectivity index is 1.30. The van der Waals surface area contributed by atoms with Gasteiger partial charge in [0.1, 0.15) is 18.2 Å². The summed E-state index contributed by atoms with van der Waals surface area (Å²) >= 11 is 0. The van der Waals surface area contributed by atoms with Gasteiger partial charge in [0.25, 0.3) is 0 Å². The van der Waals surface area contributed by atoms with Gasteiger partial charge in [-0.05, 0) is 12.1 Å². The molecule has 2 saturated heterocycles. The van der Waals surface area contributed by atoms with Crippen molar-refractivity contribution in [2.24, 2.45) is 0 Å². The third kappa shape index (κ3) is 4.66. The second-order valence-corrected chi connectivity index (χ2v) is 6.04. The summed E-state index contributed by atoms with van der Waals surface area (Å²) in [5.74, 6) is -0.329. The molecule has 3 rings (SSSR count). The van der Waals surface area contributed by atoms with E-state index in [1.807, 2.05) is 0 Å². The Morgan fingerprint density at radius 3 is 2.75 bits per heavy atom. The number of ether oxygens (including phenoxy) is 3. The molecular weight excluding hydrogens is 315 g/mol. The van der Waals surface area contributed by atoms with Gasteiger partial charge in [0.05, 0.1) is 26.3 Å². The van der Waals surface area contributed by atoms with Crippen molar-refractivity contribution in [2.45, 2.75) is 18.6 Å². The third-order valence-corrected chi connectivity index (χ3v) is 4.29. The summed E-state index contributed by atoms with van der Waals surface area (Å²) in [5, 5.41) is 2.81. The van der Waals surface area contributed by atoms with Crippen LogP contribution in [0.2, 0.25) is 0 Å². The van der Waals surface area contributed by atoms with Crippen LogP contribution in [0.5, 0.6) is 5.75 Å². The van der Waals surface area contributed by atoms with Crippen LogP contribution in [-0.2, 0) is 14.3 Å². The number of hydrogen-bond acceptors (Lipinski definition) is 5. The first kappa shape index (κ1) is 17.1. The topological polar surface area (TPSA) is 60.0 Å². The van der Waals surface area contributed by atoms with Crippen molar-refractivity contribution in [1.29, 1.82) is 0 Å². The predicted octanol–water partition coefficient (Wildman–Crippen LogP) is 1.16. The molecule has 0 radical (unpaired) electrons. The molecule has 1 N–H and O–H groups in total. The van der Waals surface area contributed by atoms with Crippen LogP contribution >= 0.6 is 0 Å². The first-order valence-corrected chi connectivity index (χ1v) is 8.31. The summed E-state index contributed by atoms with van der Waals surface area (Å²) in [4.78, 5) is 14.1. The molecule has 7 heteroatoms. The highest BCUT2D eigenvalue weighted by Gasteiger charge is 2.39. The first-order chi connectivity index (χ1) is 11.7.